The van der Waals surface area contributed by atoms with Gasteiger partial charge in [-0.05, 0) is 30.2 Å². The van der Waals surface area contributed by atoms with Crippen molar-refractivity contribution in [3.63, 3.8) is 0 Å². The number of carbonyl (C=O) groups is 1. The third-order valence-electron chi connectivity index (χ3n) is 3.55. The topological polar surface area (TPSA) is 52.9 Å². The number of carbonyl (C=O) groups excluding carboxylic acids is 1. The van der Waals surface area contributed by atoms with Crippen LogP contribution in [0.15, 0.2) is 30.3 Å². The Bertz CT molecular complexity index is 457. The predicted molar refractivity (Wildman–Crippen MR) is 69.6 cm³/mol. The van der Waals surface area contributed by atoms with Gasteiger partial charge in [0.05, 0.1) is 6.07 Å². The van der Waals surface area contributed by atoms with Gasteiger partial charge in [-0.2, -0.15) is 5.26 Å². The van der Waals surface area contributed by atoms with Crippen LogP contribution in [0.25, 0.3) is 0 Å². The third-order valence-corrected chi connectivity index (χ3v) is 3.55. The molecule has 0 aliphatic heterocycles. The van der Waals surface area contributed by atoms with Crippen LogP contribution in [0.3, 0.4) is 0 Å². The van der Waals surface area contributed by atoms with Gasteiger partial charge in [0.25, 0.3) is 0 Å². The minimum Gasteiger partial charge on any atom is -0.354 e. The first-order valence-corrected chi connectivity index (χ1v) is 6.34. The van der Waals surface area contributed by atoms with E-state index in [1.807, 2.05) is 30.3 Å². The first-order chi connectivity index (χ1) is 8.63. The molecule has 0 radical (unpaired) electrons. The molecule has 1 amide bonds. The highest BCUT2D eigenvalue weighted by atomic mass is 16.1. The molecule has 1 atom stereocenters. The molecule has 3 heteroatoms. The first kappa shape index (κ1) is 12.6. The van der Waals surface area contributed by atoms with Gasteiger partial charge in [0.15, 0.2) is 0 Å². The summed E-state index contributed by atoms with van der Waals surface area (Å²) < 4.78 is 0. The first-order valence-electron chi connectivity index (χ1n) is 6.34. The van der Waals surface area contributed by atoms with Crippen molar-refractivity contribution in [3.8, 4) is 6.07 Å². The van der Waals surface area contributed by atoms with E-state index in [0.29, 0.717) is 13.0 Å². The van der Waals surface area contributed by atoms with E-state index in [1.165, 1.54) is 12.8 Å². The van der Waals surface area contributed by atoms with Crippen LogP contribution in [0.2, 0.25) is 0 Å². The highest BCUT2D eigenvalue weighted by Gasteiger charge is 2.37. The van der Waals surface area contributed by atoms with Crippen LogP contribution >= 0.6 is 0 Å². The second-order valence-electron chi connectivity index (χ2n) is 5.40. The van der Waals surface area contributed by atoms with E-state index in [1.54, 1.807) is 0 Å². The fourth-order valence-electron chi connectivity index (χ4n) is 1.86. The van der Waals surface area contributed by atoms with E-state index in [0.717, 1.165) is 5.56 Å². The lowest BCUT2D eigenvalue weighted by atomic mass is 9.99. The van der Waals surface area contributed by atoms with Crippen LogP contribution in [0.4, 0.5) is 0 Å². The van der Waals surface area contributed by atoms with Gasteiger partial charge in [0, 0.05) is 6.54 Å². The zero-order valence-electron chi connectivity index (χ0n) is 10.6. The maximum Gasteiger partial charge on any atom is 0.237 e. The van der Waals surface area contributed by atoms with Gasteiger partial charge in [0.2, 0.25) is 5.91 Å². The van der Waals surface area contributed by atoms with Gasteiger partial charge >= 0.3 is 0 Å². The molecule has 1 N–H and O–H groups in total. The fourth-order valence-corrected chi connectivity index (χ4v) is 1.86. The van der Waals surface area contributed by atoms with Crippen molar-refractivity contribution in [2.24, 2.45) is 11.3 Å². The molecule has 1 aliphatic rings. The minimum absolute atomic E-state index is 0.144. The maximum atomic E-state index is 11.9. The van der Waals surface area contributed by atoms with Crippen LogP contribution in [0, 0.1) is 22.7 Å². The molecule has 0 spiro atoms. The summed E-state index contributed by atoms with van der Waals surface area (Å²) in [5.41, 5.74) is 1.31. The molecule has 18 heavy (non-hydrogen) atoms. The smallest absolute Gasteiger partial charge is 0.237 e. The molecule has 0 saturated heterocycles. The Morgan fingerprint density at radius 1 is 1.44 bits per heavy atom. The lowest BCUT2D eigenvalue weighted by Crippen LogP contribution is -2.34. The Balaban J connectivity index is 1.88. The molecular formula is C15H18N2O. The van der Waals surface area contributed by atoms with Crippen LogP contribution in [0.5, 0.6) is 0 Å². The summed E-state index contributed by atoms with van der Waals surface area (Å²) in [6, 6.07) is 11.8. The summed E-state index contributed by atoms with van der Waals surface area (Å²) in [5.74, 6) is -0.732. The average molecular weight is 242 g/mol. The number of hydrogen-bond donors (Lipinski definition) is 1. The maximum absolute atomic E-state index is 11.9. The van der Waals surface area contributed by atoms with Gasteiger partial charge in [-0.1, -0.05) is 37.3 Å². The highest BCUT2D eigenvalue weighted by molar-refractivity contribution is 5.81. The van der Waals surface area contributed by atoms with Crippen LogP contribution in [-0.4, -0.2) is 12.5 Å². The number of amides is 1. The molecule has 94 valence electrons. The Labute approximate surface area is 108 Å². The normalized spacial score (nSPS) is 17.6. The number of benzene rings is 1. The second kappa shape index (κ2) is 5.22. The molecule has 2 rings (SSSR count). The molecule has 1 unspecified atom stereocenters. The van der Waals surface area contributed by atoms with Crippen molar-refractivity contribution in [3.05, 3.63) is 35.9 Å². The van der Waals surface area contributed by atoms with Gasteiger partial charge in [-0.3, -0.25) is 4.79 Å². The quantitative estimate of drug-likeness (QED) is 0.861. The van der Waals surface area contributed by atoms with Crippen LogP contribution < -0.4 is 5.32 Å². The van der Waals surface area contributed by atoms with Gasteiger partial charge in [0.1, 0.15) is 5.92 Å². The molecule has 1 aliphatic carbocycles. The summed E-state index contributed by atoms with van der Waals surface area (Å²) in [4.78, 5) is 11.9. The van der Waals surface area contributed by atoms with E-state index >= 15 is 0 Å². The number of nitriles is 1. The van der Waals surface area contributed by atoms with Crippen molar-refractivity contribution < 1.29 is 4.79 Å². The fraction of sp³-hybridized carbons (Fsp3) is 0.467. The number of nitrogens with one attached hydrogen (secondary N) is 1. The molecular weight excluding hydrogens is 224 g/mol. The summed E-state index contributed by atoms with van der Waals surface area (Å²) in [5, 5.41) is 12.0. The Morgan fingerprint density at radius 3 is 2.67 bits per heavy atom. The van der Waals surface area contributed by atoms with Crippen LogP contribution in [-0.2, 0) is 11.2 Å². The predicted octanol–water partition coefficient (Wildman–Crippen LogP) is 2.29. The number of rotatable bonds is 5. The summed E-state index contributed by atoms with van der Waals surface area (Å²) in [7, 11) is 0. The van der Waals surface area contributed by atoms with Crippen molar-refractivity contribution in [1.29, 1.82) is 5.26 Å². The van der Waals surface area contributed by atoms with E-state index in [-0.39, 0.29) is 11.3 Å². The zero-order valence-corrected chi connectivity index (χ0v) is 10.6. The van der Waals surface area contributed by atoms with E-state index < -0.39 is 5.92 Å². The van der Waals surface area contributed by atoms with E-state index in [4.69, 9.17) is 5.26 Å². The number of nitrogens with zero attached hydrogens (tertiary/aromatic N) is 1. The average Bonchev–Trinajstić information content (AvgIpc) is 3.13. The molecule has 1 aromatic carbocycles. The van der Waals surface area contributed by atoms with Gasteiger partial charge < -0.3 is 5.32 Å². The Kier molecular flexibility index (Phi) is 3.66. The number of hydrogen-bond acceptors (Lipinski definition) is 2. The highest BCUT2D eigenvalue weighted by Crippen LogP contribution is 2.44. The van der Waals surface area contributed by atoms with Gasteiger partial charge in [-0.15, -0.1) is 0 Å². The monoisotopic (exact) mass is 242 g/mol. The molecule has 0 aromatic heterocycles. The minimum atomic E-state index is -0.588. The summed E-state index contributed by atoms with van der Waals surface area (Å²) >= 11 is 0. The van der Waals surface area contributed by atoms with Gasteiger partial charge in [-0.25, -0.2) is 0 Å². The Morgan fingerprint density at radius 2 is 2.11 bits per heavy atom. The van der Waals surface area contributed by atoms with Crippen molar-refractivity contribution >= 4 is 5.91 Å². The molecule has 0 bridgehead atoms. The molecule has 1 fully saturated rings. The SMILES string of the molecule is CC1(CNC(=O)C(C#N)Cc2ccccc2)CC1. The van der Waals surface area contributed by atoms with Crippen molar-refractivity contribution in [2.75, 3.05) is 6.54 Å². The summed E-state index contributed by atoms with van der Waals surface area (Å²) in [6.45, 7) is 2.85. The van der Waals surface area contributed by atoms with Crippen LogP contribution in [0.1, 0.15) is 25.3 Å². The lowest BCUT2D eigenvalue weighted by Gasteiger charge is -2.13. The second-order valence-corrected chi connectivity index (χ2v) is 5.40. The lowest BCUT2D eigenvalue weighted by molar-refractivity contribution is -0.123. The van der Waals surface area contributed by atoms with E-state index in [2.05, 4.69) is 18.3 Å². The molecule has 0 heterocycles. The Hall–Kier alpha value is -1.82. The molecule has 3 nitrogen and oxygen atoms in total. The van der Waals surface area contributed by atoms with Crippen molar-refractivity contribution in [1.82, 2.24) is 5.32 Å². The largest absolute Gasteiger partial charge is 0.354 e. The summed E-state index contributed by atoms with van der Waals surface area (Å²) in [6.07, 6.45) is 2.83. The standard InChI is InChI=1S/C15H18N2O/c1-15(7-8-15)11-17-14(18)13(10-16)9-12-5-3-2-4-6-12/h2-6,13H,7-9,11H2,1H3,(H,17,18). The third kappa shape index (κ3) is 3.33. The van der Waals surface area contributed by atoms with Crippen molar-refractivity contribution in [2.45, 2.75) is 26.2 Å². The molecule has 1 saturated carbocycles. The molecule has 1 aromatic rings. The zero-order chi connectivity index (χ0) is 13.0. The van der Waals surface area contributed by atoms with E-state index in [9.17, 15) is 4.79 Å².